The van der Waals surface area contributed by atoms with E-state index in [-0.39, 0.29) is 11.5 Å². The zero-order valence-electron chi connectivity index (χ0n) is 7.45. The predicted molar refractivity (Wildman–Crippen MR) is 54.0 cm³/mol. The Morgan fingerprint density at radius 3 is 2.69 bits per heavy atom. The normalized spacial score (nSPS) is 28.7. The van der Waals surface area contributed by atoms with E-state index in [1.54, 1.807) is 0 Å². The van der Waals surface area contributed by atoms with Crippen LogP contribution >= 0.6 is 11.6 Å². The molecule has 0 unspecified atom stereocenters. The summed E-state index contributed by atoms with van der Waals surface area (Å²) in [6.07, 6.45) is 2.23. The summed E-state index contributed by atoms with van der Waals surface area (Å²) in [4.78, 5) is 0. The van der Waals surface area contributed by atoms with Gasteiger partial charge in [-0.2, -0.15) is 0 Å². The number of benzene rings is 1. The monoisotopic (exact) mass is 196 g/mol. The van der Waals surface area contributed by atoms with E-state index < -0.39 is 0 Å². The second-order valence-electron chi connectivity index (χ2n) is 3.36. The van der Waals surface area contributed by atoms with Crippen LogP contribution in [0, 0.1) is 0 Å². The van der Waals surface area contributed by atoms with Crippen LogP contribution in [0.3, 0.4) is 0 Å². The average molecular weight is 197 g/mol. The molecule has 1 aliphatic heterocycles. The summed E-state index contributed by atoms with van der Waals surface area (Å²) in [6.45, 7) is 0.836. The second-order valence-corrected chi connectivity index (χ2v) is 3.92. The Labute approximate surface area is 83.7 Å². The summed E-state index contributed by atoms with van der Waals surface area (Å²) in [7, 11) is 0. The van der Waals surface area contributed by atoms with E-state index in [0.29, 0.717) is 0 Å². The van der Waals surface area contributed by atoms with Crippen molar-refractivity contribution in [1.82, 2.24) is 0 Å². The molecule has 70 valence electrons. The first-order valence-electron chi connectivity index (χ1n) is 4.68. The number of alkyl halides is 1. The van der Waals surface area contributed by atoms with Crippen molar-refractivity contribution in [2.75, 3.05) is 6.61 Å². The van der Waals surface area contributed by atoms with E-state index in [0.717, 1.165) is 19.4 Å². The van der Waals surface area contributed by atoms with Gasteiger partial charge in [-0.05, 0) is 18.4 Å². The molecule has 0 saturated carbocycles. The number of ether oxygens (including phenoxy) is 1. The van der Waals surface area contributed by atoms with Gasteiger partial charge in [-0.15, -0.1) is 11.6 Å². The minimum Gasteiger partial charge on any atom is -0.372 e. The second kappa shape index (κ2) is 4.12. The third-order valence-corrected chi connectivity index (χ3v) is 2.83. The Bertz CT molecular complexity index is 260. The molecule has 1 saturated heterocycles. The number of rotatable bonds is 1. The lowest BCUT2D eigenvalue weighted by Gasteiger charge is -2.27. The molecule has 1 heterocycles. The van der Waals surface area contributed by atoms with Gasteiger partial charge in [0.15, 0.2) is 0 Å². The first-order chi connectivity index (χ1) is 6.38. The molecule has 0 N–H and O–H groups in total. The predicted octanol–water partition coefficient (Wildman–Crippen LogP) is 3.15. The average Bonchev–Trinajstić information content (AvgIpc) is 2.20. The Hall–Kier alpha value is -0.530. The van der Waals surface area contributed by atoms with Crippen molar-refractivity contribution >= 4 is 11.6 Å². The molecule has 0 aromatic heterocycles. The van der Waals surface area contributed by atoms with Crippen LogP contribution in [0.25, 0.3) is 0 Å². The molecule has 1 fully saturated rings. The zero-order chi connectivity index (χ0) is 9.10. The Morgan fingerprint density at radius 1 is 1.23 bits per heavy atom. The molecular formula is C11H13ClO. The molecule has 0 radical (unpaired) electrons. The van der Waals surface area contributed by atoms with Crippen molar-refractivity contribution in [3.8, 4) is 0 Å². The highest BCUT2D eigenvalue weighted by molar-refractivity contribution is 6.21. The van der Waals surface area contributed by atoms with Crippen LogP contribution in [0.2, 0.25) is 0 Å². The molecule has 2 heteroatoms. The maximum atomic E-state index is 6.19. The Balaban J connectivity index is 2.15. The standard InChI is InChI=1S/C11H13ClO/c12-10-7-4-8-13-11(10)9-5-2-1-3-6-9/h1-3,5-6,10-11H,4,7-8H2/t10-,11+/m0/s1. The van der Waals surface area contributed by atoms with Crippen LogP contribution in [0.5, 0.6) is 0 Å². The molecule has 2 atom stereocenters. The van der Waals surface area contributed by atoms with Crippen LogP contribution in [0.1, 0.15) is 24.5 Å². The zero-order valence-corrected chi connectivity index (χ0v) is 8.20. The van der Waals surface area contributed by atoms with E-state index in [4.69, 9.17) is 16.3 Å². The van der Waals surface area contributed by atoms with Gasteiger partial charge >= 0.3 is 0 Å². The van der Waals surface area contributed by atoms with Gasteiger partial charge in [0.25, 0.3) is 0 Å². The quantitative estimate of drug-likeness (QED) is 0.627. The highest BCUT2D eigenvalue weighted by Crippen LogP contribution is 2.31. The smallest absolute Gasteiger partial charge is 0.0988 e. The van der Waals surface area contributed by atoms with E-state index in [1.807, 2.05) is 18.2 Å². The van der Waals surface area contributed by atoms with Crippen LogP contribution in [0.15, 0.2) is 30.3 Å². The minimum atomic E-state index is 0.0941. The molecule has 0 spiro atoms. The van der Waals surface area contributed by atoms with Gasteiger partial charge < -0.3 is 4.74 Å². The van der Waals surface area contributed by atoms with E-state index in [2.05, 4.69) is 12.1 Å². The molecule has 1 nitrogen and oxygen atoms in total. The largest absolute Gasteiger partial charge is 0.372 e. The molecule has 13 heavy (non-hydrogen) atoms. The highest BCUT2D eigenvalue weighted by atomic mass is 35.5. The molecule has 2 rings (SSSR count). The first kappa shape index (κ1) is 9.04. The van der Waals surface area contributed by atoms with E-state index in [9.17, 15) is 0 Å². The van der Waals surface area contributed by atoms with Gasteiger partial charge in [0, 0.05) is 6.61 Å². The van der Waals surface area contributed by atoms with E-state index in [1.165, 1.54) is 5.56 Å². The fraction of sp³-hybridized carbons (Fsp3) is 0.455. The van der Waals surface area contributed by atoms with Crippen molar-refractivity contribution in [2.45, 2.75) is 24.3 Å². The van der Waals surface area contributed by atoms with Gasteiger partial charge in [0.05, 0.1) is 11.5 Å². The van der Waals surface area contributed by atoms with Gasteiger partial charge in [-0.25, -0.2) is 0 Å². The van der Waals surface area contributed by atoms with Crippen molar-refractivity contribution in [3.05, 3.63) is 35.9 Å². The summed E-state index contributed by atoms with van der Waals surface area (Å²) in [5.41, 5.74) is 1.20. The van der Waals surface area contributed by atoms with Crippen LogP contribution in [-0.4, -0.2) is 12.0 Å². The van der Waals surface area contributed by atoms with Gasteiger partial charge in [0.2, 0.25) is 0 Å². The molecule has 0 bridgehead atoms. The van der Waals surface area contributed by atoms with Crippen LogP contribution < -0.4 is 0 Å². The summed E-state index contributed by atoms with van der Waals surface area (Å²) in [6, 6.07) is 10.2. The van der Waals surface area contributed by atoms with Crippen molar-refractivity contribution in [1.29, 1.82) is 0 Å². The molecule has 0 amide bonds. The highest BCUT2D eigenvalue weighted by Gasteiger charge is 2.24. The number of halogens is 1. The Kier molecular flexibility index (Phi) is 2.87. The SMILES string of the molecule is Cl[C@H]1CCCO[C@@H]1c1ccccc1. The lowest BCUT2D eigenvalue weighted by molar-refractivity contribution is 0.0184. The third-order valence-electron chi connectivity index (χ3n) is 2.38. The number of hydrogen-bond donors (Lipinski definition) is 0. The summed E-state index contributed by atoms with van der Waals surface area (Å²) in [5, 5.41) is 0.135. The molecule has 1 aliphatic rings. The van der Waals surface area contributed by atoms with Crippen LogP contribution in [-0.2, 0) is 4.74 Å². The van der Waals surface area contributed by atoms with Gasteiger partial charge in [0.1, 0.15) is 0 Å². The van der Waals surface area contributed by atoms with Crippen LogP contribution in [0.4, 0.5) is 0 Å². The fourth-order valence-corrected chi connectivity index (χ4v) is 2.06. The summed E-state index contributed by atoms with van der Waals surface area (Å²) in [5.74, 6) is 0. The third kappa shape index (κ3) is 2.04. The van der Waals surface area contributed by atoms with Gasteiger partial charge in [-0.1, -0.05) is 30.3 Å². The lowest BCUT2D eigenvalue weighted by atomic mass is 10.0. The summed E-state index contributed by atoms with van der Waals surface area (Å²) >= 11 is 6.19. The van der Waals surface area contributed by atoms with Gasteiger partial charge in [-0.3, -0.25) is 0 Å². The maximum Gasteiger partial charge on any atom is 0.0988 e. The fourth-order valence-electron chi connectivity index (χ4n) is 1.69. The molecule has 0 aliphatic carbocycles. The summed E-state index contributed by atoms with van der Waals surface area (Å²) < 4.78 is 5.64. The maximum absolute atomic E-state index is 6.19. The molecular weight excluding hydrogens is 184 g/mol. The van der Waals surface area contributed by atoms with Crippen molar-refractivity contribution in [3.63, 3.8) is 0 Å². The number of hydrogen-bond acceptors (Lipinski definition) is 1. The minimum absolute atomic E-state index is 0.0941. The van der Waals surface area contributed by atoms with E-state index >= 15 is 0 Å². The first-order valence-corrected chi connectivity index (χ1v) is 5.12. The lowest BCUT2D eigenvalue weighted by Crippen LogP contribution is -2.22. The van der Waals surface area contributed by atoms with Crippen molar-refractivity contribution < 1.29 is 4.74 Å². The molecule has 1 aromatic carbocycles. The topological polar surface area (TPSA) is 9.23 Å². The Morgan fingerprint density at radius 2 is 2.00 bits per heavy atom. The molecule has 1 aromatic rings. The van der Waals surface area contributed by atoms with Crippen molar-refractivity contribution in [2.24, 2.45) is 0 Å².